The van der Waals surface area contributed by atoms with Crippen molar-refractivity contribution in [1.29, 1.82) is 0 Å². The van der Waals surface area contributed by atoms with Crippen LogP contribution in [0.25, 0.3) is 6.08 Å². The second kappa shape index (κ2) is 3.67. The minimum atomic E-state index is -0.450. The molecule has 0 unspecified atom stereocenters. The molecule has 0 aliphatic heterocycles. The van der Waals surface area contributed by atoms with Crippen molar-refractivity contribution >= 4 is 12.0 Å². The summed E-state index contributed by atoms with van der Waals surface area (Å²) in [5.74, 6) is -0.450. The van der Waals surface area contributed by atoms with Gasteiger partial charge >= 0.3 is 0 Å². The summed E-state index contributed by atoms with van der Waals surface area (Å²) in [6.45, 7) is 1.90. The highest BCUT2D eigenvalue weighted by Gasteiger charge is 1.99. The molecule has 0 fully saturated rings. The molecule has 0 aliphatic carbocycles. The van der Waals surface area contributed by atoms with Gasteiger partial charge in [-0.2, -0.15) is 0 Å². The van der Waals surface area contributed by atoms with E-state index < -0.39 is 5.91 Å². The molecule has 1 aromatic rings. The Morgan fingerprint density at radius 2 is 2.33 bits per heavy atom. The van der Waals surface area contributed by atoms with Crippen LogP contribution in [-0.4, -0.2) is 10.9 Å². The Labute approximate surface area is 70.9 Å². The summed E-state index contributed by atoms with van der Waals surface area (Å²) >= 11 is 0. The summed E-state index contributed by atoms with van der Waals surface area (Å²) in [5, 5.41) is 0. The molecule has 3 nitrogen and oxygen atoms in total. The fraction of sp³-hybridized carbons (Fsp3) is 0.111. The molecular formula is C9H10N2O. The Bertz CT molecular complexity index is 318. The van der Waals surface area contributed by atoms with E-state index in [0.717, 1.165) is 5.56 Å². The third-order valence-electron chi connectivity index (χ3n) is 1.40. The minimum absolute atomic E-state index is 0.436. The van der Waals surface area contributed by atoms with Crippen LogP contribution >= 0.6 is 0 Å². The van der Waals surface area contributed by atoms with E-state index in [0.29, 0.717) is 5.56 Å². The summed E-state index contributed by atoms with van der Waals surface area (Å²) in [5.41, 5.74) is 6.39. The van der Waals surface area contributed by atoms with Crippen molar-refractivity contribution < 1.29 is 4.79 Å². The molecule has 0 radical (unpaired) electrons. The van der Waals surface area contributed by atoms with Crippen molar-refractivity contribution in [3.05, 3.63) is 35.7 Å². The number of hydrogen-bond donors (Lipinski definition) is 1. The van der Waals surface area contributed by atoms with Crippen LogP contribution in [0.1, 0.15) is 22.8 Å². The first-order valence-corrected chi connectivity index (χ1v) is 3.61. The molecule has 0 saturated carbocycles. The smallest absolute Gasteiger partial charge is 0.250 e. The molecule has 1 aromatic heterocycles. The zero-order chi connectivity index (χ0) is 8.97. The van der Waals surface area contributed by atoms with Crippen molar-refractivity contribution in [2.75, 3.05) is 0 Å². The molecule has 0 bridgehead atoms. The number of carbonyl (C=O) groups is 1. The Balaban J connectivity index is 3.03. The van der Waals surface area contributed by atoms with Crippen molar-refractivity contribution in [3.8, 4) is 0 Å². The Hall–Kier alpha value is -1.64. The lowest BCUT2D eigenvalue weighted by Crippen LogP contribution is -2.11. The van der Waals surface area contributed by atoms with E-state index in [1.807, 2.05) is 19.1 Å². The van der Waals surface area contributed by atoms with Crippen LogP contribution in [0.5, 0.6) is 0 Å². The maximum absolute atomic E-state index is 10.7. The third-order valence-corrected chi connectivity index (χ3v) is 1.40. The van der Waals surface area contributed by atoms with Crippen molar-refractivity contribution in [2.24, 2.45) is 5.73 Å². The molecule has 1 rings (SSSR count). The molecule has 0 atom stereocenters. The number of carbonyl (C=O) groups excluding carboxylic acids is 1. The number of rotatable bonds is 2. The summed E-state index contributed by atoms with van der Waals surface area (Å²) < 4.78 is 0. The molecule has 62 valence electrons. The fourth-order valence-electron chi connectivity index (χ4n) is 0.876. The molecule has 1 heterocycles. The highest BCUT2D eigenvalue weighted by Crippen LogP contribution is 2.03. The van der Waals surface area contributed by atoms with Crippen molar-refractivity contribution in [2.45, 2.75) is 6.92 Å². The monoisotopic (exact) mass is 162 g/mol. The number of nitrogens with zero attached hydrogens (tertiary/aromatic N) is 1. The van der Waals surface area contributed by atoms with Gasteiger partial charge < -0.3 is 5.73 Å². The maximum Gasteiger partial charge on any atom is 0.250 e. The molecule has 2 N–H and O–H groups in total. The molecule has 1 amide bonds. The number of aromatic nitrogens is 1. The summed E-state index contributed by atoms with van der Waals surface area (Å²) in [6, 6.07) is 1.70. The Morgan fingerprint density at radius 1 is 1.58 bits per heavy atom. The standard InChI is InChI=1S/C9H10N2O/c1-2-3-7-4-8(9(10)12)6-11-5-7/h2-6H,1H3,(H2,10,12)/b3-2+. The predicted octanol–water partition coefficient (Wildman–Crippen LogP) is 1.21. The van der Waals surface area contributed by atoms with Gasteiger partial charge in [-0.3, -0.25) is 9.78 Å². The van der Waals surface area contributed by atoms with Crippen molar-refractivity contribution in [3.63, 3.8) is 0 Å². The van der Waals surface area contributed by atoms with Crippen LogP contribution in [-0.2, 0) is 0 Å². The number of nitrogens with two attached hydrogens (primary N) is 1. The molecule has 12 heavy (non-hydrogen) atoms. The topological polar surface area (TPSA) is 56.0 Å². The average Bonchev–Trinajstić information content (AvgIpc) is 2.05. The van der Waals surface area contributed by atoms with Gasteiger partial charge in [-0.05, 0) is 18.6 Å². The second-order valence-electron chi connectivity index (χ2n) is 2.37. The van der Waals surface area contributed by atoms with E-state index in [9.17, 15) is 4.79 Å². The Morgan fingerprint density at radius 3 is 2.92 bits per heavy atom. The second-order valence-corrected chi connectivity index (χ2v) is 2.37. The first kappa shape index (κ1) is 8.46. The SMILES string of the molecule is C/C=C/c1cncc(C(N)=O)c1. The zero-order valence-corrected chi connectivity index (χ0v) is 6.82. The molecule has 0 aliphatic rings. The number of pyridine rings is 1. The normalized spacial score (nSPS) is 10.4. The lowest BCUT2D eigenvalue weighted by Gasteiger charge is -1.95. The van der Waals surface area contributed by atoms with Gasteiger partial charge in [0.15, 0.2) is 0 Å². The van der Waals surface area contributed by atoms with Gasteiger partial charge in [0, 0.05) is 12.4 Å². The predicted molar refractivity (Wildman–Crippen MR) is 47.5 cm³/mol. The van der Waals surface area contributed by atoms with Crippen LogP contribution in [0.15, 0.2) is 24.5 Å². The van der Waals surface area contributed by atoms with Gasteiger partial charge in [0.2, 0.25) is 5.91 Å². The highest BCUT2D eigenvalue weighted by atomic mass is 16.1. The van der Waals surface area contributed by atoms with Crippen LogP contribution in [0, 0.1) is 0 Å². The molecular weight excluding hydrogens is 152 g/mol. The quantitative estimate of drug-likeness (QED) is 0.710. The largest absolute Gasteiger partial charge is 0.366 e. The minimum Gasteiger partial charge on any atom is -0.366 e. The van der Waals surface area contributed by atoms with Gasteiger partial charge in [-0.15, -0.1) is 0 Å². The summed E-state index contributed by atoms with van der Waals surface area (Å²) in [4.78, 5) is 14.6. The van der Waals surface area contributed by atoms with Crippen LogP contribution in [0.2, 0.25) is 0 Å². The van der Waals surface area contributed by atoms with Crippen molar-refractivity contribution in [1.82, 2.24) is 4.98 Å². The average molecular weight is 162 g/mol. The van der Waals surface area contributed by atoms with Gasteiger partial charge in [0.25, 0.3) is 0 Å². The van der Waals surface area contributed by atoms with E-state index in [2.05, 4.69) is 4.98 Å². The summed E-state index contributed by atoms with van der Waals surface area (Å²) in [6.07, 6.45) is 6.86. The lowest BCUT2D eigenvalue weighted by molar-refractivity contribution is 0.1000. The van der Waals surface area contributed by atoms with E-state index in [4.69, 9.17) is 5.73 Å². The first-order valence-electron chi connectivity index (χ1n) is 3.61. The number of primary amides is 1. The highest BCUT2D eigenvalue weighted by molar-refractivity contribution is 5.92. The van der Waals surface area contributed by atoms with E-state index in [-0.39, 0.29) is 0 Å². The molecule has 0 saturated heterocycles. The van der Waals surface area contributed by atoms with Gasteiger partial charge in [0.05, 0.1) is 5.56 Å². The van der Waals surface area contributed by atoms with Crippen LogP contribution < -0.4 is 5.73 Å². The molecule has 3 heteroatoms. The summed E-state index contributed by atoms with van der Waals surface area (Å²) in [7, 11) is 0. The maximum atomic E-state index is 10.7. The van der Waals surface area contributed by atoms with Gasteiger partial charge in [0.1, 0.15) is 0 Å². The number of hydrogen-bond acceptors (Lipinski definition) is 2. The van der Waals surface area contributed by atoms with E-state index >= 15 is 0 Å². The Kier molecular flexibility index (Phi) is 2.58. The fourth-order valence-corrected chi connectivity index (χ4v) is 0.876. The van der Waals surface area contributed by atoms with E-state index in [1.54, 1.807) is 12.3 Å². The number of allylic oxidation sites excluding steroid dienone is 1. The lowest BCUT2D eigenvalue weighted by atomic mass is 10.2. The number of amides is 1. The van der Waals surface area contributed by atoms with Crippen LogP contribution in [0.4, 0.5) is 0 Å². The van der Waals surface area contributed by atoms with Gasteiger partial charge in [-0.1, -0.05) is 12.2 Å². The zero-order valence-electron chi connectivity index (χ0n) is 6.82. The third kappa shape index (κ3) is 1.92. The molecule has 0 aromatic carbocycles. The van der Waals surface area contributed by atoms with Crippen LogP contribution in [0.3, 0.4) is 0 Å². The van der Waals surface area contributed by atoms with Gasteiger partial charge in [-0.25, -0.2) is 0 Å². The van der Waals surface area contributed by atoms with E-state index in [1.165, 1.54) is 6.20 Å². The molecule has 0 spiro atoms. The first-order chi connectivity index (χ1) is 5.74.